The molecule has 0 saturated carbocycles. The van der Waals surface area contributed by atoms with E-state index in [9.17, 15) is 14.7 Å². The molecule has 7 heteroatoms. The normalized spacial score (nSPS) is 20.7. The van der Waals surface area contributed by atoms with Crippen LogP contribution in [0.2, 0.25) is 0 Å². The van der Waals surface area contributed by atoms with Gasteiger partial charge in [-0.1, -0.05) is 12.1 Å². The molecular formula is C17H20N4O3. The number of imidazole rings is 1. The van der Waals surface area contributed by atoms with Gasteiger partial charge in [0.05, 0.1) is 12.1 Å². The van der Waals surface area contributed by atoms with Crippen molar-refractivity contribution < 1.29 is 14.7 Å². The van der Waals surface area contributed by atoms with Crippen molar-refractivity contribution in [2.75, 3.05) is 13.1 Å². The van der Waals surface area contributed by atoms with Crippen LogP contribution in [0.4, 0.5) is 0 Å². The van der Waals surface area contributed by atoms with E-state index in [0.717, 1.165) is 5.56 Å². The Morgan fingerprint density at radius 1 is 1.42 bits per heavy atom. The molecule has 2 atom stereocenters. The molecule has 0 aliphatic carbocycles. The van der Waals surface area contributed by atoms with Crippen LogP contribution in [0.15, 0.2) is 36.7 Å². The molecule has 0 bridgehead atoms. The highest BCUT2D eigenvalue weighted by atomic mass is 16.3. The second kappa shape index (κ2) is 6.84. The Labute approximate surface area is 139 Å². The summed E-state index contributed by atoms with van der Waals surface area (Å²) in [5, 5.41) is 13.0. The van der Waals surface area contributed by atoms with E-state index < -0.39 is 6.10 Å². The molecule has 1 saturated heterocycles. The number of carbonyl (C=O) groups excluding carboxylic acids is 2. The highest BCUT2D eigenvalue weighted by Gasteiger charge is 2.30. The van der Waals surface area contributed by atoms with Crippen LogP contribution in [0.5, 0.6) is 0 Å². The van der Waals surface area contributed by atoms with Gasteiger partial charge in [0.2, 0.25) is 5.91 Å². The quantitative estimate of drug-likeness (QED) is 0.776. The molecule has 2 aromatic rings. The summed E-state index contributed by atoms with van der Waals surface area (Å²) in [7, 11) is 0. The summed E-state index contributed by atoms with van der Waals surface area (Å²) in [6, 6.07) is 6.78. The number of benzene rings is 1. The number of hydrogen-bond donors (Lipinski definition) is 3. The first-order valence-electron chi connectivity index (χ1n) is 7.89. The van der Waals surface area contributed by atoms with E-state index in [1.54, 1.807) is 35.5 Å². The Kier molecular flexibility index (Phi) is 4.61. The molecule has 0 radical (unpaired) electrons. The van der Waals surface area contributed by atoms with Gasteiger partial charge in [-0.25, -0.2) is 4.98 Å². The minimum absolute atomic E-state index is 0.0648. The van der Waals surface area contributed by atoms with Crippen molar-refractivity contribution in [2.45, 2.75) is 25.5 Å². The Hall–Kier alpha value is -2.67. The van der Waals surface area contributed by atoms with E-state index in [0.29, 0.717) is 24.4 Å². The number of aliphatic hydroxyl groups is 1. The molecule has 0 unspecified atom stereocenters. The monoisotopic (exact) mass is 328 g/mol. The molecule has 1 aliphatic heterocycles. The molecule has 0 spiro atoms. The Bertz CT molecular complexity index is 729. The van der Waals surface area contributed by atoms with Crippen molar-refractivity contribution in [1.82, 2.24) is 20.2 Å². The highest BCUT2D eigenvalue weighted by molar-refractivity contribution is 5.95. The number of amides is 2. The number of aromatic nitrogens is 2. The fourth-order valence-electron chi connectivity index (χ4n) is 2.87. The molecule has 1 aromatic carbocycles. The Morgan fingerprint density at radius 2 is 2.25 bits per heavy atom. The highest BCUT2D eigenvalue weighted by Crippen LogP contribution is 2.17. The molecule has 24 heavy (non-hydrogen) atoms. The molecule has 7 nitrogen and oxygen atoms in total. The molecule has 1 aliphatic rings. The van der Waals surface area contributed by atoms with Crippen LogP contribution in [-0.4, -0.2) is 57.0 Å². The maximum atomic E-state index is 12.5. The standard InChI is InChI=1S/C17H20N4O3/c1-11(22)21-8-5-14(15(23)10-21)20-17(24)13-4-2-3-12(9-13)16-18-6-7-19-16/h2-4,6-7,9,14-15,23H,5,8,10H2,1H3,(H,18,19)(H,20,24)/t14-,15-/m1/s1. The van der Waals surface area contributed by atoms with Gasteiger partial charge in [-0.05, 0) is 18.6 Å². The minimum Gasteiger partial charge on any atom is -0.389 e. The number of rotatable bonds is 3. The molecule has 1 aromatic heterocycles. The lowest BCUT2D eigenvalue weighted by atomic mass is 10.0. The molecular weight excluding hydrogens is 308 g/mol. The summed E-state index contributed by atoms with van der Waals surface area (Å²) < 4.78 is 0. The van der Waals surface area contributed by atoms with Crippen molar-refractivity contribution in [3.05, 3.63) is 42.2 Å². The Morgan fingerprint density at radius 3 is 2.92 bits per heavy atom. The summed E-state index contributed by atoms with van der Waals surface area (Å²) in [5.41, 5.74) is 1.32. The van der Waals surface area contributed by atoms with Crippen molar-refractivity contribution in [1.29, 1.82) is 0 Å². The first kappa shape index (κ1) is 16.2. The minimum atomic E-state index is -0.764. The topological polar surface area (TPSA) is 98.3 Å². The van der Waals surface area contributed by atoms with Gasteiger partial charge in [0.1, 0.15) is 5.82 Å². The number of piperidine rings is 1. The zero-order valence-electron chi connectivity index (χ0n) is 13.4. The largest absolute Gasteiger partial charge is 0.389 e. The number of H-pyrrole nitrogens is 1. The van der Waals surface area contributed by atoms with E-state index in [-0.39, 0.29) is 24.4 Å². The van der Waals surface area contributed by atoms with Gasteiger partial charge in [-0.3, -0.25) is 9.59 Å². The molecule has 2 amide bonds. The second-order valence-electron chi connectivity index (χ2n) is 5.92. The van der Waals surface area contributed by atoms with Crippen LogP contribution in [-0.2, 0) is 4.79 Å². The lowest BCUT2D eigenvalue weighted by molar-refractivity contribution is -0.132. The zero-order chi connectivity index (χ0) is 17.1. The number of likely N-dealkylation sites (tertiary alicyclic amines) is 1. The first-order chi connectivity index (χ1) is 11.5. The smallest absolute Gasteiger partial charge is 0.251 e. The zero-order valence-corrected chi connectivity index (χ0v) is 13.4. The molecule has 2 heterocycles. The summed E-state index contributed by atoms with van der Waals surface area (Å²) in [5.74, 6) is 0.383. The van der Waals surface area contributed by atoms with Crippen molar-refractivity contribution >= 4 is 11.8 Å². The van der Waals surface area contributed by atoms with Crippen LogP contribution in [0.3, 0.4) is 0 Å². The van der Waals surface area contributed by atoms with Crippen LogP contribution < -0.4 is 5.32 Å². The second-order valence-corrected chi connectivity index (χ2v) is 5.92. The van der Waals surface area contributed by atoms with Crippen molar-refractivity contribution in [3.63, 3.8) is 0 Å². The fourth-order valence-corrected chi connectivity index (χ4v) is 2.87. The van der Waals surface area contributed by atoms with Crippen LogP contribution in [0, 0.1) is 0 Å². The van der Waals surface area contributed by atoms with Gasteiger partial charge in [-0.2, -0.15) is 0 Å². The van der Waals surface area contributed by atoms with Gasteiger partial charge in [-0.15, -0.1) is 0 Å². The summed E-state index contributed by atoms with van der Waals surface area (Å²) >= 11 is 0. The van der Waals surface area contributed by atoms with Crippen LogP contribution in [0.1, 0.15) is 23.7 Å². The number of nitrogens with one attached hydrogen (secondary N) is 2. The van der Waals surface area contributed by atoms with Crippen molar-refractivity contribution in [3.8, 4) is 11.4 Å². The molecule has 3 rings (SSSR count). The lowest BCUT2D eigenvalue weighted by Crippen LogP contribution is -2.55. The third-order valence-corrected chi connectivity index (χ3v) is 4.24. The average Bonchev–Trinajstić information content (AvgIpc) is 3.11. The number of β-amino-alcohol motifs (C(OH)–C–C–N with tert-alkyl or cyclic N) is 1. The Balaban J connectivity index is 1.67. The predicted molar refractivity (Wildman–Crippen MR) is 88.2 cm³/mol. The van der Waals surface area contributed by atoms with Gasteiger partial charge in [0.25, 0.3) is 5.91 Å². The predicted octanol–water partition coefficient (Wildman–Crippen LogP) is 0.788. The number of aromatic amines is 1. The molecule has 126 valence electrons. The van der Waals surface area contributed by atoms with E-state index >= 15 is 0 Å². The third kappa shape index (κ3) is 3.46. The summed E-state index contributed by atoms with van der Waals surface area (Å²) in [6.07, 6.45) is 3.15. The van der Waals surface area contributed by atoms with Crippen molar-refractivity contribution in [2.24, 2.45) is 0 Å². The third-order valence-electron chi connectivity index (χ3n) is 4.24. The number of carbonyl (C=O) groups is 2. The van der Waals surface area contributed by atoms with Gasteiger partial charge in [0, 0.05) is 43.5 Å². The average molecular weight is 328 g/mol. The molecule has 3 N–H and O–H groups in total. The van der Waals surface area contributed by atoms with E-state index in [2.05, 4.69) is 15.3 Å². The maximum absolute atomic E-state index is 12.5. The van der Waals surface area contributed by atoms with E-state index in [1.165, 1.54) is 6.92 Å². The van der Waals surface area contributed by atoms with Gasteiger partial charge < -0.3 is 20.3 Å². The maximum Gasteiger partial charge on any atom is 0.251 e. The summed E-state index contributed by atoms with van der Waals surface area (Å²) in [4.78, 5) is 32.6. The van der Waals surface area contributed by atoms with Gasteiger partial charge in [0.15, 0.2) is 0 Å². The lowest BCUT2D eigenvalue weighted by Gasteiger charge is -2.35. The number of hydrogen-bond acceptors (Lipinski definition) is 4. The van der Waals surface area contributed by atoms with Crippen LogP contribution >= 0.6 is 0 Å². The SMILES string of the molecule is CC(=O)N1CC[C@@H](NC(=O)c2cccc(-c3ncc[nH]3)c2)[C@H](O)C1. The van der Waals surface area contributed by atoms with E-state index in [4.69, 9.17) is 0 Å². The number of aliphatic hydroxyl groups excluding tert-OH is 1. The van der Waals surface area contributed by atoms with Gasteiger partial charge >= 0.3 is 0 Å². The van der Waals surface area contributed by atoms with E-state index in [1.807, 2.05) is 6.07 Å². The van der Waals surface area contributed by atoms with Crippen LogP contribution in [0.25, 0.3) is 11.4 Å². The molecule has 1 fully saturated rings. The fraction of sp³-hybridized carbons (Fsp3) is 0.353. The number of nitrogens with zero attached hydrogens (tertiary/aromatic N) is 2. The first-order valence-corrected chi connectivity index (χ1v) is 7.89. The summed E-state index contributed by atoms with van der Waals surface area (Å²) in [6.45, 7) is 2.25.